The monoisotopic (exact) mass is 404 g/mol. The number of nitrogens with one attached hydrogen (secondary N) is 1. The van der Waals surface area contributed by atoms with Gasteiger partial charge in [0.15, 0.2) is 0 Å². The van der Waals surface area contributed by atoms with E-state index in [4.69, 9.17) is 4.74 Å². The van der Waals surface area contributed by atoms with Crippen LogP contribution in [0.2, 0.25) is 0 Å². The fraction of sp³-hybridized carbons (Fsp3) is 0.333. The zero-order valence-electron chi connectivity index (χ0n) is 16.7. The zero-order valence-corrected chi connectivity index (χ0v) is 16.7. The molecule has 6 nitrogen and oxygen atoms in total. The molecule has 30 heavy (non-hydrogen) atoms. The zero-order chi connectivity index (χ0) is 20.7. The number of carbonyl (C=O) groups excluding carboxylic acids is 1. The molecule has 3 aliphatic rings. The Balaban J connectivity index is 1.34. The summed E-state index contributed by atoms with van der Waals surface area (Å²) in [7, 11) is 0. The molecule has 1 fully saturated rings. The summed E-state index contributed by atoms with van der Waals surface area (Å²) >= 11 is 0. The summed E-state index contributed by atoms with van der Waals surface area (Å²) < 4.78 is 5.97. The Hall–Kier alpha value is -3.12. The van der Waals surface area contributed by atoms with E-state index in [1.807, 2.05) is 30.3 Å². The number of fused-ring (bicyclic) bond motifs is 2. The molecule has 154 valence electrons. The summed E-state index contributed by atoms with van der Waals surface area (Å²) in [5.74, 6) is -0.408. The minimum atomic E-state index is -0.688. The molecule has 1 unspecified atom stereocenters. The number of hydrogen-bond donors (Lipinski definition) is 2. The number of piperidine rings is 1. The van der Waals surface area contributed by atoms with Crippen LogP contribution < -0.4 is 5.32 Å². The maximum atomic E-state index is 12.6. The van der Waals surface area contributed by atoms with Gasteiger partial charge in [0.25, 0.3) is 5.91 Å². The van der Waals surface area contributed by atoms with Crippen molar-refractivity contribution >= 4 is 28.9 Å². The Labute approximate surface area is 175 Å². The van der Waals surface area contributed by atoms with Gasteiger partial charge >= 0.3 is 5.97 Å². The SMILES string of the molecule is O=C1Nc2ccccc2C1=C1OCc2cc(CCN3CCCC(C(=O)O)C3)ccc21. The van der Waals surface area contributed by atoms with Crippen LogP contribution >= 0.6 is 0 Å². The van der Waals surface area contributed by atoms with E-state index in [9.17, 15) is 14.7 Å². The lowest BCUT2D eigenvalue weighted by Gasteiger charge is -2.30. The third-order valence-corrected chi connectivity index (χ3v) is 6.26. The van der Waals surface area contributed by atoms with Crippen LogP contribution in [0.15, 0.2) is 42.5 Å². The molecule has 0 spiro atoms. The number of carboxylic acid groups (broad SMARTS) is 1. The summed E-state index contributed by atoms with van der Waals surface area (Å²) in [5.41, 5.74) is 5.58. The number of para-hydroxylation sites is 1. The second-order valence-electron chi connectivity index (χ2n) is 8.21. The van der Waals surface area contributed by atoms with Crippen molar-refractivity contribution in [3.63, 3.8) is 0 Å². The normalized spacial score (nSPS) is 22.9. The largest absolute Gasteiger partial charge is 0.487 e. The molecule has 1 saturated heterocycles. The van der Waals surface area contributed by atoms with Crippen LogP contribution in [0, 0.1) is 5.92 Å². The number of carbonyl (C=O) groups is 2. The van der Waals surface area contributed by atoms with Gasteiger partial charge < -0.3 is 20.1 Å². The lowest BCUT2D eigenvalue weighted by molar-refractivity contribution is -0.143. The van der Waals surface area contributed by atoms with Crippen LogP contribution in [0.4, 0.5) is 5.69 Å². The number of ether oxygens (including phenoxy) is 1. The third-order valence-electron chi connectivity index (χ3n) is 6.26. The summed E-state index contributed by atoms with van der Waals surface area (Å²) in [6.07, 6.45) is 2.58. The van der Waals surface area contributed by atoms with E-state index in [0.29, 0.717) is 24.5 Å². The van der Waals surface area contributed by atoms with Gasteiger partial charge in [-0.3, -0.25) is 9.59 Å². The van der Waals surface area contributed by atoms with Gasteiger partial charge in [-0.2, -0.15) is 0 Å². The smallest absolute Gasteiger partial charge is 0.307 e. The van der Waals surface area contributed by atoms with Crippen molar-refractivity contribution in [1.29, 1.82) is 0 Å². The number of rotatable bonds is 4. The molecule has 0 aromatic heterocycles. The second-order valence-corrected chi connectivity index (χ2v) is 8.21. The average Bonchev–Trinajstić information content (AvgIpc) is 3.31. The molecular weight excluding hydrogens is 380 g/mol. The van der Waals surface area contributed by atoms with Gasteiger partial charge in [0, 0.05) is 35.5 Å². The van der Waals surface area contributed by atoms with Crippen molar-refractivity contribution in [3.05, 3.63) is 64.7 Å². The molecule has 3 aliphatic heterocycles. The van der Waals surface area contributed by atoms with Gasteiger partial charge in [0.2, 0.25) is 0 Å². The first-order valence-electron chi connectivity index (χ1n) is 10.5. The Morgan fingerprint density at radius 2 is 2.07 bits per heavy atom. The molecule has 5 rings (SSSR count). The number of benzene rings is 2. The summed E-state index contributed by atoms with van der Waals surface area (Å²) in [6.45, 7) is 2.91. The Morgan fingerprint density at radius 3 is 2.93 bits per heavy atom. The highest BCUT2D eigenvalue weighted by Gasteiger charge is 2.32. The summed E-state index contributed by atoms with van der Waals surface area (Å²) in [6, 6.07) is 14.0. The predicted octanol–water partition coefficient (Wildman–Crippen LogP) is 3.38. The van der Waals surface area contributed by atoms with Gasteiger partial charge in [-0.15, -0.1) is 0 Å². The molecule has 1 amide bonds. The molecule has 0 saturated carbocycles. The molecule has 6 heteroatoms. The molecule has 1 atom stereocenters. The quantitative estimate of drug-likeness (QED) is 0.764. The lowest BCUT2D eigenvalue weighted by Crippen LogP contribution is -2.39. The van der Waals surface area contributed by atoms with Crippen molar-refractivity contribution in [2.24, 2.45) is 5.92 Å². The van der Waals surface area contributed by atoms with E-state index in [2.05, 4.69) is 22.3 Å². The standard InChI is InChI=1S/C24H24N2O4/c27-23-21(19-5-1-2-6-20(19)25-23)22-18-8-7-15(12-17(18)14-30-22)9-11-26-10-3-4-16(13-26)24(28)29/h1-2,5-8,12,16H,3-4,9-11,13-14H2,(H,25,27)(H,28,29). The van der Waals surface area contributed by atoms with Crippen LogP contribution in [-0.2, 0) is 27.4 Å². The van der Waals surface area contributed by atoms with E-state index in [0.717, 1.165) is 54.7 Å². The van der Waals surface area contributed by atoms with E-state index < -0.39 is 5.97 Å². The molecular formula is C24H24N2O4. The molecule has 2 aromatic rings. The highest BCUT2D eigenvalue weighted by atomic mass is 16.5. The minimum Gasteiger partial charge on any atom is -0.487 e. The predicted molar refractivity (Wildman–Crippen MR) is 114 cm³/mol. The fourth-order valence-corrected chi connectivity index (χ4v) is 4.67. The van der Waals surface area contributed by atoms with Gasteiger partial charge in [-0.05, 0) is 37.4 Å². The molecule has 0 radical (unpaired) electrons. The van der Waals surface area contributed by atoms with E-state index in [-0.39, 0.29) is 11.8 Å². The first kappa shape index (κ1) is 18.9. The summed E-state index contributed by atoms with van der Waals surface area (Å²) in [5, 5.41) is 12.2. The second kappa shape index (κ2) is 7.61. The minimum absolute atomic E-state index is 0.124. The molecule has 0 aliphatic carbocycles. The van der Waals surface area contributed by atoms with Gasteiger partial charge in [-0.25, -0.2) is 0 Å². The van der Waals surface area contributed by atoms with Crippen LogP contribution in [0.5, 0.6) is 0 Å². The van der Waals surface area contributed by atoms with Crippen LogP contribution in [0.3, 0.4) is 0 Å². The number of likely N-dealkylation sites (tertiary alicyclic amines) is 1. The first-order chi connectivity index (χ1) is 14.6. The van der Waals surface area contributed by atoms with Gasteiger partial charge in [-0.1, -0.05) is 36.4 Å². The molecule has 0 bridgehead atoms. The Morgan fingerprint density at radius 1 is 1.20 bits per heavy atom. The van der Waals surface area contributed by atoms with Crippen LogP contribution in [0.1, 0.15) is 35.1 Å². The maximum Gasteiger partial charge on any atom is 0.307 e. The fourth-order valence-electron chi connectivity index (χ4n) is 4.67. The Bertz CT molecular complexity index is 1060. The summed E-state index contributed by atoms with van der Waals surface area (Å²) in [4.78, 5) is 26.1. The lowest BCUT2D eigenvalue weighted by atomic mass is 9.97. The van der Waals surface area contributed by atoms with Crippen molar-refractivity contribution in [2.45, 2.75) is 25.9 Å². The topological polar surface area (TPSA) is 78.9 Å². The van der Waals surface area contributed by atoms with Gasteiger partial charge in [0.1, 0.15) is 12.4 Å². The highest BCUT2D eigenvalue weighted by Crippen LogP contribution is 2.41. The average molecular weight is 404 g/mol. The molecule has 2 N–H and O–H groups in total. The maximum absolute atomic E-state index is 12.6. The van der Waals surface area contributed by atoms with Crippen molar-refractivity contribution < 1.29 is 19.4 Å². The number of amides is 1. The van der Waals surface area contributed by atoms with Crippen molar-refractivity contribution in [1.82, 2.24) is 4.90 Å². The van der Waals surface area contributed by atoms with Crippen molar-refractivity contribution in [3.8, 4) is 0 Å². The van der Waals surface area contributed by atoms with Gasteiger partial charge in [0.05, 0.1) is 11.5 Å². The molecule has 2 aromatic carbocycles. The van der Waals surface area contributed by atoms with Crippen LogP contribution in [0.25, 0.3) is 11.3 Å². The number of anilines is 1. The van der Waals surface area contributed by atoms with E-state index >= 15 is 0 Å². The van der Waals surface area contributed by atoms with E-state index in [1.54, 1.807) is 0 Å². The number of hydrogen-bond acceptors (Lipinski definition) is 4. The number of carboxylic acids is 1. The van der Waals surface area contributed by atoms with E-state index in [1.165, 1.54) is 5.56 Å². The Kier molecular flexibility index (Phi) is 4.79. The van der Waals surface area contributed by atoms with Crippen LogP contribution in [-0.4, -0.2) is 41.5 Å². The first-order valence-corrected chi connectivity index (χ1v) is 10.5. The highest BCUT2D eigenvalue weighted by molar-refractivity contribution is 6.36. The number of aliphatic carboxylic acids is 1. The van der Waals surface area contributed by atoms with Crippen molar-refractivity contribution in [2.75, 3.05) is 25.0 Å². The third kappa shape index (κ3) is 3.37. The number of nitrogens with zero attached hydrogens (tertiary/aromatic N) is 1. The molecule has 3 heterocycles.